The molecule has 0 aromatic carbocycles. The van der Waals surface area contributed by atoms with E-state index in [1.807, 2.05) is 6.92 Å². The van der Waals surface area contributed by atoms with Gasteiger partial charge in [-0.2, -0.15) is 4.98 Å². The van der Waals surface area contributed by atoms with E-state index in [1.54, 1.807) is 6.26 Å². The standard InChI is InChI=1S/C21H26N6O4S/c1-13-11-30-18(23-13)14-3-8-27(9-4-14)20-24-15-5-10-32(29)16(15)17(25-20)26-21(6-2-7-21)12-31-19(22)28/h3,11H,2,4-10,12H2,1H3,(H2,22,28)(H,24,25,26)/t32-/m1/s1. The number of carbonyl (C=O) groups is 1. The van der Waals surface area contributed by atoms with E-state index in [0.29, 0.717) is 41.3 Å². The van der Waals surface area contributed by atoms with Crippen LogP contribution in [-0.2, 0) is 22.0 Å². The molecule has 3 aliphatic rings. The zero-order valence-corrected chi connectivity index (χ0v) is 18.7. The molecule has 3 N–H and O–H groups in total. The van der Waals surface area contributed by atoms with Gasteiger partial charge in [0.25, 0.3) is 0 Å². The van der Waals surface area contributed by atoms with Crippen LogP contribution in [0.2, 0.25) is 0 Å². The smallest absolute Gasteiger partial charge is 0.404 e. The average molecular weight is 459 g/mol. The number of anilines is 2. The molecule has 10 nitrogen and oxygen atoms in total. The SMILES string of the molecule is Cc1coc(C2=CCN(c3nc4c(c(NC5(COC(N)=O)CCC5)n3)[S@](=O)CC4)CC2)n1. The van der Waals surface area contributed by atoms with E-state index in [2.05, 4.69) is 21.3 Å². The van der Waals surface area contributed by atoms with Gasteiger partial charge in [0.2, 0.25) is 11.8 Å². The second kappa shape index (κ2) is 8.19. The highest BCUT2D eigenvalue weighted by molar-refractivity contribution is 7.85. The van der Waals surface area contributed by atoms with Gasteiger partial charge in [0.15, 0.2) is 0 Å². The lowest BCUT2D eigenvalue weighted by Gasteiger charge is -2.42. The number of hydrogen-bond donors (Lipinski definition) is 2. The highest BCUT2D eigenvalue weighted by Gasteiger charge is 2.40. The van der Waals surface area contributed by atoms with Gasteiger partial charge < -0.3 is 25.1 Å². The third-order valence-corrected chi connectivity index (χ3v) is 7.71. The number of hydrogen-bond acceptors (Lipinski definition) is 9. The Kier molecular flexibility index (Phi) is 5.36. The molecule has 2 aromatic rings. The van der Waals surface area contributed by atoms with Crippen LogP contribution in [0, 0.1) is 6.92 Å². The minimum absolute atomic E-state index is 0.161. The number of amides is 1. The van der Waals surface area contributed by atoms with Crippen molar-refractivity contribution >= 4 is 34.2 Å². The highest BCUT2D eigenvalue weighted by Crippen LogP contribution is 2.39. The van der Waals surface area contributed by atoms with Crippen molar-refractivity contribution in [1.29, 1.82) is 0 Å². The molecular formula is C21H26N6O4S. The van der Waals surface area contributed by atoms with Gasteiger partial charge in [-0.15, -0.1) is 0 Å². The number of nitrogens with two attached hydrogens (primary N) is 1. The van der Waals surface area contributed by atoms with E-state index >= 15 is 0 Å². The lowest BCUT2D eigenvalue weighted by Crippen LogP contribution is -2.50. The van der Waals surface area contributed by atoms with Crippen LogP contribution in [0.1, 0.15) is 43.0 Å². The monoisotopic (exact) mass is 458 g/mol. The zero-order chi connectivity index (χ0) is 22.3. The topological polar surface area (TPSA) is 136 Å². The number of nitrogens with one attached hydrogen (secondary N) is 1. The Hall–Kier alpha value is -2.95. The number of rotatable bonds is 6. The maximum absolute atomic E-state index is 12.7. The van der Waals surface area contributed by atoms with Crippen LogP contribution < -0.4 is 16.0 Å². The molecule has 2 aromatic heterocycles. The van der Waals surface area contributed by atoms with Crippen LogP contribution in [0.5, 0.6) is 0 Å². The fraction of sp³-hybridized carbons (Fsp3) is 0.524. The summed E-state index contributed by atoms with van der Waals surface area (Å²) < 4.78 is 23.3. The molecule has 1 saturated carbocycles. The number of aromatic nitrogens is 3. The number of carbonyl (C=O) groups excluding carboxylic acids is 1. The summed E-state index contributed by atoms with van der Waals surface area (Å²) in [5.74, 6) is 2.39. The summed E-state index contributed by atoms with van der Waals surface area (Å²) in [6, 6.07) is 0. The molecule has 1 amide bonds. The Morgan fingerprint density at radius 3 is 2.81 bits per heavy atom. The Balaban J connectivity index is 1.41. The van der Waals surface area contributed by atoms with Crippen LogP contribution in [0.15, 0.2) is 21.7 Å². The highest BCUT2D eigenvalue weighted by atomic mass is 32.2. The zero-order valence-electron chi connectivity index (χ0n) is 17.9. The summed E-state index contributed by atoms with van der Waals surface area (Å²) >= 11 is 0. The van der Waals surface area contributed by atoms with Gasteiger partial charge >= 0.3 is 6.09 Å². The first-order valence-electron chi connectivity index (χ1n) is 10.8. The van der Waals surface area contributed by atoms with Crippen LogP contribution >= 0.6 is 0 Å². The van der Waals surface area contributed by atoms with Crippen LogP contribution in [-0.4, -0.2) is 56.2 Å². The summed E-state index contributed by atoms with van der Waals surface area (Å²) in [6.07, 6.45) is 7.03. The van der Waals surface area contributed by atoms with Crippen molar-refractivity contribution in [2.45, 2.75) is 49.5 Å². The fourth-order valence-electron chi connectivity index (χ4n) is 4.33. The van der Waals surface area contributed by atoms with Gasteiger partial charge in [-0.3, -0.25) is 4.21 Å². The Bertz CT molecular complexity index is 1110. The number of primary amides is 1. The second-order valence-electron chi connectivity index (χ2n) is 8.53. The maximum Gasteiger partial charge on any atom is 0.404 e. The first kappa shape index (κ1) is 20.9. The molecule has 0 spiro atoms. The molecule has 0 radical (unpaired) electrons. The molecule has 5 rings (SSSR count). The third kappa shape index (κ3) is 3.96. The quantitative estimate of drug-likeness (QED) is 0.667. The summed E-state index contributed by atoms with van der Waals surface area (Å²) in [6.45, 7) is 3.43. The lowest BCUT2D eigenvalue weighted by molar-refractivity contribution is 0.101. The van der Waals surface area contributed by atoms with Crippen molar-refractivity contribution in [3.63, 3.8) is 0 Å². The number of oxazole rings is 1. The average Bonchev–Trinajstić information content (AvgIpc) is 3.35. The number of aryl methyl sites for hydroxylation is 2. The molecular weight excluding hydrogens is 432 g/mol. The van der Waals surface area contributed by atoms with Crippen molar-refractivity contribution < 1.29 is 18.2 Å². The second-order valence-corrected chi connectivity index (χ2v) is 10.0. The summed E-state index contributed by atoms with van der Waals surface area (Å²) in [7, 11) is -1.15. The van der Waals surface area contributed by atoms with E-state index in [-0.39, 0.29) is 6.61 Å². The first-order chi connectivity index (χ1) is 15.4. The van der Waals surface area contributed by atoms with Crippen molar-refractivity contribution in [3.05, 3.63) is 29.6 Å². The third-order valence-electron chi connectivity index (χ3n) is 6.25. The molecule has 2 aliphatic heterocycles. The molecule has 170 valence electrons. The summed E-state index contributed by atoms with van der Waals surface area (Å²) in [4.78, 5) is 27.9. The van der Waals surface area contributed by atoms with Gasteiger partial charge in [0, 0.05) is 30.8 Å². The molecule has 0 unspecified atom stereocenters. The molecule has 1 atom stereocenters. The molecule has 0 saturated heterocycles. The maximum atomic E-state index is 12.7. The largest absolute Gasteiger partial charge is 0.447 e. The summed E-state index contributed by atoms with van der Waals surface area (Å²) in [5, 5.41) is 3.45. The minimum atomic E-state index is -1.15. The van der Waals surface area contributed by atoms with Crippen molar-refractivity contribution in [2.24, 2.45) is 5.73 Å². The molecule has 4 heterocycles. The van der Waals surface area contributed by atoms with E-state index < -0.39 is 22.4 Å². The molecule has 1 aliphatic carbocycles. The van der Waals surface area contributed by atoms with Gasteiger partial charge in [0.1, 0.15) is 23.6 Å². The predicted molar refractivity (Wildman–Crippen MR) is 119 cm³/mol. The Morgan fingerprint density at radius 1 is 1.34 bits per heavy atom. The van der Waals surface area contributed by atoms with Crippen LogP contribution in [0.4, 0.5) is 16.6 Å². The van der Waals surface area contributed by atoms with Crippen LogP contribution in [0.25, 0.3) is 5.57 Å². The van der Waals surface area contributed by atoms with Crippen molar-refractivity contribution in [1.82, 2.24) is 15.0 Å². The van der Waals surface area contributed by atoms with Crippen LogP contribution in [0.3, 0.4) is 0 Å². The normalized spacial score (nSPS) is 21.5. The van der Waals surface area contributed by atoms with Gasteiger partial charge in [-0.05, 0) is 32.6 Å². The Labute approximate surface area is 188 Å². The van der Waals surface area contributed by atoms with E-state index in [9.17, 15) is 9.00 Å². The summed E-state index contributed by atoms with van der Waals surface area (Å²) in [5.41, 5.74) is 7.50. The van der Waals surface area contributed by atoms with E-state index in [4.69, 9.17) is 24.9 Å². The number of fused-ring (bicyclic) bond motifs is 1. The minimum Gasteiger partial charge on any atom is -0.447 e. The number of nitrogens with zero attached hydrogens (tertiary/aromatic N) is 4. The van der Waals surface area contributed by atoms with Crippen molar-refractivity contribution in [2.75, 3.05) is 35.7 Å². The first-order valence-corrected chi connectivity index (χ1v) is 12.1. The van der Waals surface area contributed by atoms with Gasteiger partial charge in [0.05, 0.1) is 27.7 Å². The lowest BCUT2D eigenvalue weighted by atomic mass is 9.77. The van der Waals surface area contributed by atoms with Gasteiger partial charge in [-0.1, -0.05) is 6.08 Å². The van der Waals surface area contributed by atoms with Gasteiger partial charge in [-0.25, -0.2) is 14.8 Å². The molecule has 32 heavy (non-hydrogen) atoms. The molecule has 1 fully saturated rings. The molecule has 11 heteroatoms. The van der Waals surface area contributed by atoms with Crippen molar-refractivity contribution in [3.8, 4) is 0 Å². The van der Waals surface area contributed by atoms with E-state index in [0.717, 1.165) is 49.2 Å². The predicted octanol–water partition coefficient (Wildman–Crippen LogP) is 2.16. The number of ether oxygens (including phenoxy) is 1. The fourth-order valence-corrected chi connectivity index (χ4v) is 5.63. The molecule has 0 bridgehead atoms. The van der Waals surface area contributed by atoms with E-state index in [1.165, 1.54) is 0 Å². The Morgan fingerprint density at radius 2 is 2.19 bits per heavy atom.